The van der Waals surface area contributed by atoms with Gasteiger partial charge in [-0.3, -0.25) is 4.98 Å². The van der Waals surface area contributed by atoms with Crippen LogP contribution in [0.1, 0.15) is 0 Å². The van der Waals surface area contributed by atoms with Crippen molar-refractivity contribution < 1.29 is 0 Å². The van der Waals surface area contributed by atoms with Crippen LogP contribution < -0.4 is 0 Å². The quantitative estimate of drug-likeness (QED) is 0.285. The van der Waals surface area contributed by atoms with Crippen molar-refractivity contribution in [3.05, 3.63) is 121 Å². The van der Waals surface area contributed by atoms with Crippen molar-refractivity contribution in [3.63, 3.8) is 0 Å². The highest BCUT2D eigenvalue weighted by molar-refractivity contribution is 6.08. The Morgan fingerprint density at radius 1 is 0.432 bits per heavy atom. The van der Waals surface area contributed by atoms with Gasteiger partial charge in [-0.2, -0.15) is 0 Å². The second-order valence-corrected chi connectivity index (χ2v) is 8.90. The van der Waals surface area contributed by atoms with E-state index < -0.39 is 0 Å². The molecule has 0 saturated carbocycles. The third kappa shape index (κ3) is 3.93. The lowest BCUT2D eigenvalue weighted by molar-refractivity contribution is 1.07. The molecule has 7 rings (SSSR count). The van der Waals surface area contributed by atoms with E-state index in [2.05, 4.69) is 52.4 Å². The van der Waals surface area contributed by atoms with Crippen molar-refractivity contribution in [3.8, 4) is 45.4 Å². The zero-order valence-electron chi connectivity index (χ0n) is 19.8. The van der Waals surface area contributed by atoms with E-state index in [9.17, 15) is 0 Å². The number of aromatic amines is 1. The van der Waals surface area contributed by atoms with Crippen LogP contribution in [0.2, 0.25) is 0 Å². The second-order valence-electron chi connectivity index (χ2n) is 8.90. The number of para-hydroxylation sites is 1. The molecular weight excluding hydrogens is 454 g/mol. The van der Waals surface area contributed by atoms with Gasteiger partial charge in [0.15, 0.2) is 17.5 Å². The number of nitrogens with one attached hydrogen (secondary N) is 1. The van der Waals surface area contributed by atoms with E-state index in [1.54, 1.807) is 0 Å². The van der Waals surface area contributed by atoms with Crippen molar-refractivity contribution >= 4 is 21.8 Å². The molecule has 0 spiro atoms. The molecule has 37 heavy (non-hydrogen) atoms. The second kappa shape index (κ2) is 8.81. The molecule has 174 valence electrons. The summed E-state index contributed by atoms with van der Waals surface area (Å²) < 4.78 is 0. The van der Waals surface area contributed by atoms with Gasteiger partial charge in [0.1, 0.15) is 0 Å². The number of aromatic nitrogens is 5. The van der Waals surface area contributed by atoms with Crippen LogP contribution in [0.25, 0.3) is 67.2 Å². The number of pyridine rings is 1. The van der Waals surface area contributed by atoms with Gasteiger partial charge < -0.3 is 4.98 Å². The Hall–Kier alpha value is -5.16. The lowest BCUT2D eigenvalue weighted by Crippen LogP contribution is -2.00. The monoisotopic (exact) mass is 475 g/mol. The minimum atomic E-state index is 0.615. The zero-order valence-corrected chi connectivity index (χ0v) is 19.8. The number of H-pyrrole nitrogens is 1. The number of benzene rings is 4. The van der Waals surface area contributed by atoms with Crippen LogP contribution in [-0.2, 0) is 0 Å². The lowest BCUT2D eigenvalue weighted by Gasteiger charge is -2.09. The molecule has 0 aliphatic rings. The van der Waals surface area contributed by atoms with E-state index in [-0.39, 0.29) is 0 Å². The van der Waals surface area contributed by atoms with Crippen molar-refractivity contribution in [2.45, 2.75) is 0 Å². The van der Waals surface area contributed by atoms with Gasteiger partial charge in [0.2, 0.25) is 0 Å². The predicted octanol–water partition coefficient (Wildman–Crippen LogP) is 7.57. The number of hydrogen-bond acceptors (Lipinski definition) is 4. The maximum absolute atomic E-state index is 4.86. The normalized spacial score (nSPS) is 11.2. The van der Waals surface area contributed by atoms with Gasteiger partial charge >= 0.3 is 0 Å². The Balaban J connectivity index is 1.36. The lowest BCUT2D eigenvalue weighted by atomic mass is 10.0. The van der Waals surface area contributed by atoms with Crippen LogP contribution in [0.3, 0.4) is 0 Å². The van der Waals surface area contributed by atoms with E-state index in [1.165, 1.54) is 10.8 Å². The predicted molar refractivity (Wildman–Crippen MR) is 149 cm³/mol. The van der Waals surface area contributed by atoms with Gasteiger partial charge in [-0.1, -0.05) is 84.9 Å². The van der Waals surface area contributed by atoms with Crippen molar-refractivity contribution in [1.82, 2.24) is 24.9 Å². The third-order valence-corrected chi connectivity index (χ3v) is 6.52. The maximum atomic E-state index is 4.86. The van der Waals surface area contributed by atoms with Gasteiger partial charge in [-0.05, 0) is 30.3 Å². The van der Waals surface area contributed by atoms with E-state index in [0.29, 0.717) is 17.5 Å². The summed E-state index contributed by atoms with van der Waals surface area (Å²) in [6, 6.07) is 38.8. The average Bonchev–Trinajstić information content (AvgIpc) is 3.36. The summed E-state index contributed by atoms with van der Waals surface area (Å²) in [5.41, 5.74) is 6.93. The summed E-state index contributed by atoms with van der Waals surface area (Å²) >= 11 is 0. The van der Waals surface area contributed by atoms with Gasteiger partial charge in [-0.15, -0.1) is 0 Å². The number of rotatable bonds is 4. The largest absolute Gasteiger partial charge is 0.355 e. The topological polar surface area (TPSA) is 67.3 Å². The molecule has 0 aliphatic carbocycles. The molecule has 5 heteroatoms. The zero-order chi connectivity index (χ0) is 24.6. The van der Waals surface area contributed by atoms with E-state index in [0.717, 1.165) is 39.0 Å². The highest BCUT2D eigenvalue weighted by Gasteiger charge is 2.13. The van der Waals surface area contributed by atoms with Crippen molar-refractivity contribution in [2.24, 2.45) is 0 Å². The molecule has 3 heterocycles. The minimum Gasteiger partial charge on any atom is -0.355 e. The standard InChI is InChI=1S/C32H21N5/c1-3-9-21(10-4-1)30-35-31(22-11-5-2-6-12-22)37-32(36-30)24-17-18-33-29(20-24)23-15-16-28-26(19-23)25-13-7-8-14-27(25)34-28/h1-20,34H. The van der Waals surface area contributed by atoms with Crippen molar-refractivity contribution in [1.29, 1.82) is 0 Å². The highest BCUT2D eigenvalue weighted by atomic mass is 15.0. The van der Waals surface area contributed by atoms with Crippen LogP contribution >= 0.6 is 0 Å². The fourth-order valence-corrected chi connectivity index (χ4v) is 4.67. The third-order valence-electron chi connectivity index (χ3n) is 6.52. The van der Waals surface area contributed by atoms with Crippen LogP contribution in [0.15, 0.2) is 121 Å². The van der Waals surface area contributed by atoms with E-state index in [4.69, 9.17) is 15.0 Å². The molecule has 0 saturated heterocycles. The van der Waals surface area contributed by atoms with Gasteiger partial charge in [0, 0.05) is 50.3 Å². The summed E-state index contributed by atoms with van der Waals surface area (Å²) in [5, 5.41) is 2.38. The summed E-state index contributed by atoms with van der Waals surface area (Å²) in [7, 11) is 0. The number of hydrogen-bond donors (Lipinski definition) is 1. The summed E-state index contributed by atoms with van der Waals surface area (Å²) in [6.07, 6.45) is 1.82. The molecule has 0 fully saturated rings. The summed E-state index contributed by atoms with van der Waals surface area (Å²) in [4.78, 5) is 22.7. The molecule has 0 atom stereocenters. The molecular formula is C32H21N5. The van der Waals surface area contributed by atoms with E-state index in [1.807, 2.05) is 79.0 Å². The minimum absolute atomic E-state index is 0.615. The SMILES string of the molecule is c1ccc(-c2nc(-c3ccccc3)nc(-c3ccnc(-c4ccc5[nH]c6ccccc6c5c4)c3)n2)cc1. The van der Waals surface area contributed by atoms with Crippen LogP contribution in [-0.4, -0.2) is 24.9 Å². The fourth-order valence-electron chi connectivity index (χ4n) is 4.67. The number of fused-ring (bicyclic) bond motifs is 3. The molecule has 5 nitrogen and oxygen atoms in total. The summed E-state index contributed by atoms with van der Waals surface area (Å²) in [5.74, 6) is 1.90. The van der Waals surface area contributed by atoms with E-state index >= 15 is 0 Å². The Kier molecular flexibility index (Phi) is 5.03. The summed E-state index contributed by atoms with van der Waals surface area (Å²) in [6.45, 7) is 0. The van der Waals surface area contributed by atoms with Gasteiger partial charge in [0.25, 0.3) is 0 Å². The molecule has 1 N–H and O–H groups in total. The fraction of sp³-hybridized carbons (Fsp3) is 0. The molecule has 7 aromatic rings. The van der Waals surface area contributed by atoms with Crippen LogP contribution in [0.4, 0.5) is 0 Å². The van der Waals surface area contributed by atoms with Gasteiger partial charge in [0.05, 0.1) is 5.69 Å². The molecule has 0 amide bonds. The van der Waals surface area contributed by atoms with Crippen LogP contribution in [0.5, 0.6) is 0 Å². The first-order valence-electron chi connectivity index (χ1n) is 12.2. The molecule has 0 unspecified atom stereocenters. The Morgan fingerprint density at radius 2 is 1.03 bits per heavy atom. The molecule has 0 bridgehead atoms. The van der Waals surface area contributed by atoms with Crippen LogP contribution in [0, 0.1) is 0 Å². The Morgan fingerprint density at radius 3 is 1.73 bits per heavy atom. The molecule has 0 radical (unpaired) electrons. The average molecular weight is 476 g/mol. The number of nitrogens with zero attached hydrogens (tertiary/aromatic N) is 4. The molecule has 3 aromatic heterocycles. The Labute approximate surface area is 213 Å². The first kappa shape index (κ1) is 21.1. The Bertz CT molecular complexity index is 1820. The molecule has 4 aromatic carbocycles. The smallest absolute Gasteiger partial charge is 0.164 e. The first-order valence-corrected chi connectivity index (χ1v) is 12.2. The maximum Gasteiger partial charge on any atom is 0.164 e. The van der Waals surface area contributed by atoms with Crippen molar-refractivity contribution in [2.75, 3.05) is 0 Å². The van der Waals surface area contributed by atoms with Gasteiger partial charge in [-0.25, -0.2) is 15.0 Å². The first-order chi connectivity index (χ1) is 18.3. The molecule has 0 aliphatic heterocycles. The highest BCUT2D eigenvalue weighted by Crippen LogP contribution is 2.31.